The minimum atomic E-state index is 0.0757. The Kier molecular flexibility index (Phi) is 4.13. The molecule has 1 nitrogen and oxygen atoms in total. The zero-order valence-electron chi connectivity index (χ0n) is 11.4. The number of rotatable bonds is 2. The van der Waals surface area contributed by atoms with Crippen LogP contribution in [-0.2, 0) is 0 Å². The highest BCUT2D eigenvalue weighted by Crippen LogP contribution is 2.29. The number of carbonyl (C=O) groups excluding carboxylic acids is 1. The molecule has 21 heavy (non-hydrogen) atoms. The van der Waals surface area contributed by atoms with Crippen molar-refractivity contribution in [3.63, 3.8) is 0 Å². The molecule has 104 valence electrons. The second-order valence-electron chi connectivity index (χ2n) is 4.91. The van der Waals surface area contributed by atoms with Crippen LogP contribution in [0.4, 0.5) is 0 Å². The first-order chi connectivity index (χ1) is 10.1. The summed E-state index contributed by atoms with van der Waals surface area (Å²) in [4.78, 5) is 12.9. The summed E-state index contributed by atoms with van der Waals surface area (Å²) in [5.41, 5.74) is 2.64. The van der Waals surface area contributed by atoms with Gasteiger partial charge in [0.15, 0.2) is 5.78 Å². The number of carbonyl (C=O) groups is 1. The first kappa shape index (κ1) is 14.7. The number of halogens is 2. The summed E-state index contributed by atoms with van der Waals surface area (Å²) in [6.07, 6.45) is 0. The Hall–Kier alpha value is -1.20. The lowest BCUT2D eigenvalue weighted by molar-refractivity contribution is 0.103. The molecule has 0 aliphatic heterocycles. The average molecular weight is 451 g/mol. The van der Waals surface area contributed by atoms with Gasteiger partial charge in [0.25, 0.3) is 0 Å². The minimum absolute atomic E-state index is 0.0757. The van der Waals surface area contributed by atoms with E-state index < -0.39 is 0 Å². The SMILES string of the molecule is Cc1cccc(C(=O)c2ccc(Br)c3ccccc23)c1I. The van der Waals surface area contributed by atoms with Crippen molar-refractivity contribution in [1.82, 2.24) is 0 Å². The van der Waals surface area contributed by atoms with Gasteiger partial charge >= 0.3 is 0 Å². The molecule has 0 saturated carbocycles. The molecular formula is C18H12BrIO. The van der Waals surface area contributed by atoms with Crippen molar-refractivity contribution in [2.24, 2.45) is 0 Å². The van der Waals surface area contributed by atoms with E-state index in [2.05, 4.69) is 38.5 Å². The Morgan fingerprint density at radius 2 is 1.62 bits per heavy atom. The van der Waals surface area contributed by atoms with E-state index >= 15 is 0 Å². The molecular weight excluding hydrogens is 439 g/mol. The van der Waals surface area contributed by atoms with E-state index in [4.69, 9.17) is 0 Å². The molecule has 0 spiro atoms. The van der Waals surface area contributed by atoms with Gasteiger partial charge in [0.2, 0.25) is 0 Å². The van der Waals surface area contributed by atoms with Crippen molar-refractivity contribution in [3.05, 3.63) is 79.3 Å². The molecule has 0 bridgehead atoms. The summed E-state index contributed by atoms with van der Waals surface area (Å²) >= 11 is 5.80. The molecule has 0 atom stereocenters. The van der Waals surface area contributed by atoms with Crippen molar-refractivity contribution in [3.8, 4) is 0 Å². The highest BCUT2D eigenvalue weighted by molar-refractivity contribution is 14.1. The first-order valence-electron chi connectivity index (χ1n) is 6.56. The van der Waals surface area contributed by atoms with E-state index in [1.165, 1.54) is 0 Å². The molecule has 3 heteroatoms. The Balaban J connectivity index is 2.23. The fourth-order valence-corrected chi connectivity index (χ4v) is 3.51. The number of fused-ring (bicyclic) bond motifs is 1. The zero-order valence-corrected chi connectivity index (χ0v) is 15.1. The van der Waals surface area contributed by atoms with Gasteiger partial charge in [-0.3, -0.25) is 4.79 Å². The van der Waals surface area contributed by atoms with Crippen LogP contribution in [-0.4, -0.2) is 5.78 Å². The maximum Gasteiger partial charge on any atom is 0.194 e. The van der Waals surface area contributed by atoms with E-state index in [0.29, 0.717) is 0 Å². The molecule has 3 rings (SSSR count). The summed E-state index contributed by atoms with van der Waals surface area (Å²) in [7, 11) is 0. The van der Waals surface area contributed by atoms with Gasteiger partial charge in [0, 0.05) is 19.2 Å². The van der Waals surface area contributed by atoms with Gasteiger partial charge in [0.1, 0.15) is 0 Å². The maximum atomic E-state index is 12.9. The van der Waals surface area contributed by atoms with E-state index in [1.54, 1.807) is 0 Å². The summed E-state index contributed by atoms with van der Waals surface area (Å²) in [5.74, 6) is 0.0757. The van der Waals surface area contributed by atoms with Crippen LogP contribution in [0.2, 0.25) is 0 Å². The second kappa shape index (κ2) is 5.89. The van der Waals surface area contributed by atoms with Crippen molar-refractivity contribution < 1.29 is 4.79 Å². The lowest BCUT2D eigenvalue weighted by Crippen LogP contribution is -2.05. The molecule has 0 saturated heterocycles. The van der Waals surface area contributed by atoms with Crippen molar-refractivity contribution in [1.29, 1.82) is 0 Å². The van der Waals surface area contributed by atoms with Gasteiger partial charge in [0.05, 0.1) is 0 Å². The summed E-state index contributed by atoms with van der Waals surface area (Å²) < 4.78 is 2.03. The van der Waals surface area contributed by atoms with Gasteiger partial charge < -0.3 is 0 Å². The normalized spacial score (nSPS) is 10.8. The Labute approximate surface area is 145 Å². The van der Waals surface area contributed by atoms with Crippen molar-refractivity contribution >= 4 is 55.1 Å². The molecule has 0 N–H and O–H groups in total. The third-order valence-corrected chi connectivity index (χ3v) is 5.68. The number of aryl methyl sites for hydroxylation is 1. The van der Waals surface area contributed by atoms with Crippen molar-refractivity contribution in [2.75, 3.05) is 0 Å². The van der Waals surface area contributed by atoms with Crippen molar-refractivity contribution in [2.45, 2.75) is 6.92 Å². The largest absolute Gasteiger partial charge is 0.289 e. The van der Waals surface area contributed by atoms with Gasteiger partial charge in [-0.2, -0.15) is 0 Å². The highest BCUT2D eigenvalue weighted by Gasteiger charge is 2.16. The fourth-order valence-electron chi connectivity index (χ4n) is 2.43. The van der Waals surface area contributed by atoms with Gasteiger partial charge in [-0.05, 0) is 64.0 Å². The van der Waals surface area contributed by atoms with Gasteiger partial charge in [-0.1, -0.05) is 52.3 Å². The van der Waals surface area contributed by atoms with Crippen LogP contribution in [0.3, 0.4) is 0 Å². The maximum absolute atomic E-state index is 12.9. The fraction of sp³-hybridized carbons (Fsp3) is 0.0556. The Bertz CT molecular complexity index is 855. The quantitative estimate of drug-likeness (QED) is 0.359. The second-order valence-corrected chi connectivity index (χ2v) is 6.84. The lowest BCUT2D eigenvalue weighted by atomic mass is 9.96. The van der Waals surface area contributed by atoms with Crippen LogP contribution in [0.5, 0.6) is 0 Å². The molecule has 0 fully saturated rings. The highest BCUT2D eigenvalue weighted by atomic mass is 127. The minimum Gasteiger partial charge on any atom is -0.289 e. The number of hydrogen-bond acceptors (Lipinski definition) is 1. The van der Waals surface area contributed by atoms with E-state index in [1.807, 2.05) is 61.5 Å². The molecule has 3 aromatic rings. The first-order valence-corrected chi connectivity index (χ1v) is 8.44. The monoisotopic (exact) mass is 450 g/mol. The van der Waals surface area contributed by atoms with Crippen LogP contribution in [0.15, 0.2) is 59.1 Å². The third-order valence-electron chi connectivity index (χ3n) is 3.55. The molecule has 0 unspecified atom stereocenters. The van der Waals surface area contributed by atoms with Gasteiger partial charge in [-0.15, -0.1) is 0 Å². The molecule has 0 aliphatic carbocycles. The number of hydrogen-bond donors (Lipinski definition) is 0. The van der Waals surface area contributed by atoms with E-state index in [9.17, 15) is 4.79 Å². The van der Waals surface area contributed by atoms with Crippen LogP contribution in [0.25, 0.3) is 10.8 Å². The third kappa shape index (κ3) is 2.64. The summed E-state index contributed by atoms with van der Waals surface area (Å²) in [5, 5.41) is 2.04. The number of ketones is 1. The Morgan fingerprint density at radius 3 is 2.38 bits per heavy atom. The van der Waals surface area contributed by atoms with Gasteiger partial charge in [-0.25, -0.2) is 0 Å². The average Bonchev–Trinajstić information content (AvgIpc) is 2.50. The van der Waals surface area contributed by atoms with E-state index in [0.717, 1.165) is 35.5 Å². The van der Waals surface area contributed by atoms with E-state index in [-0.39, 0.29) is 5.78 Å². The standard InChI is InChI=1S/C18H12BrIO/c1-11-5-4-8-15(17(11)20)18(21)14-9-10-16(19)13-7-3-2-6-12(13)14/h2-10H,1H3. The topological polar surface area (TPSA) is 17.1 Å². The molecule has 0 amide bonds. The lowest BCUT2D eigenvalue weighted by Gasteiger charge is -2.10. The summed E-state index contributed by atoms with van der Waals surface area (Å²) in [6, 6.07) is 17.7. The van der Waals surface area contributed by atoms with Crippen LogP contribution >= 0.6 is 38.5 Å². The van der Waals surface area contributed by atoms with Crippen LogP contribution in [0.1, 0.15) is 21.5 Å². The molecule has 3 aromatic carbocycles. The molecule has 0 aliphatic rings. The Morgan fingerprint density at radius 1 is 0.905 bits per heavy atom. The van der Waals surface area contributed by atoms with Crippen LogP contribution in [0, 0.1) is 10.5 Å². The molecule has 0 heterocycles. The summed E-state index contributed by atoms with van der Waals surface area (Å²) in [6.45, 7) is 2.03. The predicted molar refractivity (Wildman–Crippen MR) is 99.0 cm³/mol. The molecule has 0 aromatic heterocycles. The smallest absolute Gasteiger partial charge is 0.194 e. The molecule has 0 radical (unpaired) electrons. The zero-order chi connectivity index (χ0) is 15.0. The predicted octanol–water partition coefficient (Wildman–Crippen LogP) is 5.75. The van der Waals surface area contributed by atoms with Crippen LogP contribution < -0.4 is 0 Å². The number of benzene rings is 3.